The summed E-state index contributed by atoms with van der Waals surface area (Å²) in [6.07, 6.45) is -16.6. The van der Waals surface area contributed by atoms with E-state index in [1.165, 1.54) is 13.1 Å². The first-order chi connectivity index (χ1) is 18.6. The minimum Gasteiger partial charge on any atom is -0.369 e. The molecule has 0 spiro atoms. The van der Waals surface area contributed by atoms with Crippen LogP contribution in [0.5, 0.6) is 0 Å². The van der Waals surface area contributed by atoms with E-state index in [-0.39, 0.29) is 17.0 Å². The summed E-state index contributed by atoms with van der Waals surface area (Å²) in [6, 6.07) is 11.6. The van der Waals surface area contributed by atoms with Gasteiger partial charge >= 0.3 is 12.4 Å². The molecule has 0 fully saturated rings. The van der Waals surface area contributed by atoms with Crippen LogP contribution in [-0.2, 0) is 14.4 Å². The average molecular weight is 574 g/mol. The van der Waals surface area contributed by atoms with E-state index in [1.54, 1.807) is 30.3 Å². The number of halogens is 7. The number of alkyl halides is 6. The maximum absolute atomic E-state index is 14.2. The lowest BCUT2D eigenvalue weighted by atomic mass is 9.83. The van der Waals surface area contributed by atoms with Gasteiger partial charge in [0.25, 0.3) is 5.91 Å². The molecule has 3 amide bonds. The highest BCUT2D eigenvalue weighted by atomic mass is 19.4. The number of nitrogens with one attached hydrogen (secondary N) is 1. The molecule has 0 aliphatic carbocycles. The molecule has 0 saturated heterocycles. The van der Waals surface area contributed by atoms with Gasteiger partial charge < -0.3 is 16.0 Å². The number of amides is 3. The molecular formula is C26H25F7N4O3. The lowest BCUT2D eigenvalue weighted by molar-refractivity contribution is -0.152. The molecule has 7 nitrogen and oxygen atoms in total. The smallest absolute Gasteiger partial charge is 0.369 e. The fraction of sp³-hybridized carbons (Fsp3) is 0.385. The molecule has 216 valence electrons. The van der Waals surface area contributed by atoms with Crippen molar-refractivity contribution < 1.29 is 45.1 Å². The van der Waals surface area contributed by atoms with Crippen LogP contribution >= 0.6 is 0 Å². The van der Waals surface area contributed by atoms with E-state index in [9.17, 15) is 45.1 Å². The standard InChI is InChI=1S/C26H25F7N4O3/c1-37-19-8-7-15(27)13-18(19)20(14-5-3-2-4-6-14)35-22(24(37)40)36-23(39)17(10-12-26(31,32)33)16(21(34)38)9-11-25(28,29)30/h2-8,13,16-17,22H,9-12H2,1H3,(H2,34,38)(H,36,39)/t16-,17+,22-/m1/s1. The Labute approximate surface area is 224 Å². The van der Waals surface area contributed by atoms with Crippen molar-refractivity contribution in [2.24, 2.45) is 22.6 Å². The third-order valence-electron chi connectivity index (χ3n) is 6.39. The lowest BCUT2D eigenvalue weighted by Gasteiger charge is -2.27. The van der Waals surface area contributed by atoms with Crippen LogP contribution in [0, 0.1) is 17.7 Å². The van der Waals surface area contributed by atoms with Gasteiger partial charge in [-0.3, -0.25) is 14.4 Å². The Hall–Kier alpha value is -3.97. The zero-order valence-electron chi connectivity index (χ0n) is 21.0. The summed E-state index contributed by atoms with van der Waals surface area (Å²) in [4.78, 5) is 43.9. The van der Waals surface area contributed by atoms with Gasteiger partial charge in [0.05, 0.1) is 11.4 Å². The normalized spacial score (nSPS) is 17.4. The van der Waals surface area contributed by atoms with Crippen molar-refractivity contribution in [1.29, 1.82) is 0 Å². The molecule has 3 atom stereocenters. The van der Waals surface area contributed by atoms with Crippen LogP contribution in [-0.4, -0.2) is 49.0 Å². The van der Waals surface area contributed by atoms with Gasteiger partial charge in [-0.2, -0.15) is 26.3 Å². The Balaban J connectivity index is 2.03. The maximum Gasteiger partial charge on any atom is 0.389 e. The van der Waals surface area contributed by atoms with E-state index in [1.807, 2.05) is 0 Å². The van der Waals surface area contributed by atoms with E-state index in [4.69, 9.17) is 5.73 Å². The van der Waals surface area contributed by atoms with Gasteiger partial charge in [-0.05, 0) is 31.0 Å². The molecule has 0 aromatic heterocycles. The van der Waals surface area contributed by atoms with Gasteiger partial charge in [-0.25, -0.2) is 9.38 Å². The number of anilines is 1. The van der Waals surface area contributed by atoms with Crippen molar-refractivity contribution in [3.63, 3.8) is 0 Å². The fourth-order valence-electron chi connectivity index (χ4n) is 4.40. The van der Waals surface area contributed by atoms with Crippen LogP contribution in [0.2, 0.25) is 0 Å². The number of fused-ring (bicyclic) bond motifs is 1. The van der Waals surface area contributed by atoms with Crippen LogP contribution in [0.1, 0.15) is 36.8 Å². The highest BCUT2D eigenvalue weighted by Gasteiger charge is 2.41. The Kier molecular flexibility index (Phi) is 9.21. The summed E-state index contributed by atoms with van der Waals surface area (Å²) in [6.45, 7) is 0. The van der Waals surface area contributed by atoms with Crippen molar-refractivity contribution in [3.05, 3.63) is 65.5 Å². The van der Waals surface area contributed by atoms with E-state index < -0.39 is 79.6 Å². The van der Waals surface area contributed by atoms with Crippen LogP contribution in [0.25, 0.3) is 0 Å². The van der Waals surface area contributed by atoms with Crippen LogP contribution in [0.15, 0.2) is 53.5 Å². The quantitative estimate of drug-likeness (QED) is 0.432. The van der Waals surface area contributed by atoms with E-state index >= 15 is 0 Å². The van der Waals surface area contributed by atoms with Gasteiger partial charge in [0.15, 0.2) is 0 Å². The summed E-state index contributed by atoms with van der Waals surface area (Å²) in [5, 5.41) is 2.19. The summed E-state index contributed by atoms with van der Waals surface area (Å²) in [5.74, 6) is -8.09. The van der Waals surface area contributed by atoms with Crippen molar-refractivity contribution in [2.75, 3.05) is 11.9 Å². The van der Waals surface area contributed by atoms with Crippen molar-refractivity contribution in [1.82, 2.24) is 5.32 Å². The molecule has 40 heavy (non-hydrogen) atoms. The first-order valence-electron chi connectivity index (χ1n) is 12.0. The Morgan fingerprint density at radius 3 is 2.10 bits per heavy atom. The predicted molar refractivity (Wildman–Crippen MR) is 131 cm³/mol. The molecule has 0 unspecified atom stereocenters. The molecule has 0 bridgehead atoms. The molecule has 0 saturated carbocycles. The van der Waals surface area contributed by atoms with Gasteiger partial charge in [0.1, 0.15) is 5.82 Å². The largest absolute Gasteiger partial charge is 0.389 e. The monoisotopic (exact) mass is 574 g/mol. The molecule has 1 aliphatic rings. The molecular weight excluding hydrogens is 549 g/mol. The Bertz CT molecular complexity index is 1280. The number of benzodiazepines with no additional fused rings is 1. The second-order valence-corrected chi connectivity index (χ2v) is 9.24. The van der Waals surface area contributed by atoms with E-state index in [0.29, 0.717) is 5.56 Å². The van der Waals surface area contributed by atoms with Crippen molar-refractivity contribution in [2.45, 2.75) is 44.2 Å². The van der Waals surface area contributed by atoms with Gasteiger partial charge in [0.2, 0.25) is 18.0 Å². The summed E-state index contributed by atoms with van der Waals surface area (Å²) in [7, 11) is 1.30. The molecule has 0 radical (unpaired) electrons. The number of hydrogen-bond acceptors (Lipinski definition) is 4. The number of likely N-dealkylation sites (N-methyl/N-ethyl adjacent to an activating group) is 1. The fourth-order valence-corrected chi connectivity index (χ4v) is 4.40. The number of rotatable bonds is 9. The summed E-state index contributed by atoms with van der Waals surface area (Å²) >= 11 is 0. The van der Waals surface area contributed by atoms with Crippen LogP contribution < -0.4 is 16.0 Å². The van der Waals surface area contributed by atoms with Crippen molar-refractivity contribution in [3.8, 4) is 0 Å². The summed E-state index contributed by atoms with van der Waals surface area (Å²) in [5.41, 5.74) is 6.07. The number of primary amides is 1. The molecule has 2 aromatic rings. The lowest BCUT2D eigenvalue weighted by Crippen LogP contribution is -2.50. The Morgan fingerprint density at radius 1 is 0.975 bits per heavy atom. The number of carbonyl (C=O) groups excluding carboxylic acids is 3. The van der Waals surface area contributed by atoms with Gasteiger partial charge in [0, 0.05) is 42.9 Å². The average Bonchev–Trinajstić information content (AvgIpc) is 2.95. The van der Waals surface area contributed by atoms with E-state index in [2.05, 4.69) is 10.3 Å². The molecule has 3 rings (SSSR count). The Morgan fingerprint density at radius 2 is 1.55 bits per heavy atom. The third-order valence-corrected chi connectivity index (χ3v) is 6.39. The molecule has 14 heteroatoms. The van der Waals surface area contributed by atoms with Gasteiger partial charge in [-0.1, -0.05) is 30.3 Å². The predicted octanol–water partition coefficient (Wildman–Crippen LogP) is 4.48. The number of benzene rings is 2. The van der Waals surface area contributed by atoms with Crippen LogP contribution in [0.4, 0.5) is 36.4 Å². The summed E-state index contributed by atoms with van der Waals surface area (Å²) < 4.78 is 91.9. The van der Waals surface area contributed by atoms with Crippen LogP contribution in [0.3, 0.4) is 0 Å². The van der Waals surface area contributed by atoms with Crippen molar-refractivity contribution >= 4 is 29.1 Å². The highest BCUT2D eigenvalue weighted by molar-refractivity contribution is 6.20. The first-order valence-corrected chi connectivity index (χ1v) is 12.0. The number of hydrogen-bond donors (Lipinski definition) is 2. The highest BCUT2D eigenvalue weighted by Crippen LogP contribution is 2.33. The molecule has 1 heterocycles. The zero-order valence-corrected chi connectivity index (χ0v) is 21.0. The van der Waals surface area contributed by atoms with Gasteiger partial charge in [-0.15, -0.1) is 0 Å². The van der Waals surface area contributed by atoms with E-state index in [0.717, 1.165) is 17.0 Å². The number of nitrogens with zero attached hydrogens (tertiary/aromatic N) is 2. The SMILES string of the molecule is CN1C(=O)[C@@H](NC(=O)[C@@H](CCC(F)(F)F)[C@@H](CCC(F)(F)F)C(N)=O)N=C(c2ccccc2)c2cc(F)ccc21. The molecule has 3 N–H and O–H groups in total. The minimum absolute atomic E-state index is 0.0634. The maximum atomic E-state index is 14.2. The second kappa shape index (κ2) is 12.0. The first kappa shape index (κ1) is 30.6. The molecule has 2 aromatic carbocycles. The zero-order chi connectivity index (χ0) is 29.8. The minimum atomic E-state index is -4.80. The number of carbonyl (C=O) groups is 3. The topological polar surface area (TPSA) is 105 Å². The number of aliphatic imine (C=N–C) groups is 1. The molecule has 1 aliphatic heterocycles. The second-order valence-electron chi connectivity index (χ2n) is 9.24. The third kappa shape index (κ3) is 7.79. The number of nitrogens with two attached hydrogens (primary N) is 1.